The lowest BCUT2D eigenvalue weighted by atomic mass is 10.1. The highest BCUT2D eigenvalue weighted by molar-refractivity contribution is 5.85. The number of carboxylic acids is 1. The highest BCUT2D eigenvalue weighted by Crippen LogP contribution is 2.09. The first kappa shape index (κ1) is 19.2. The Labute approximate surface area is 130 Å². The van der Waals surface area contributed by atoms with Gasteiger partial charge in [0, 0.05) is 13.5 Å². The molecular formula is C14H20ClNO5. The molecule has 0 saturated heterocycles. The van der Waals surface area contributed by atoms with Crippen molar-refractivity contribution >= 4 is 24.5 Å². The van der Waals surface area contributed by atoms with Crippen molar-refractivity contribution in [2.45, 2.75) is 32.4 Å². The van der Waals surface area contributed by atoms with Gasteiger partial charge in [0.1, 0.15) is 6.04 Å². The maximum absolute atomic E-state index is 11.4. The lowest BCUT2D eigenvalue weighted by Gasteiger charge is -2.23. The van der Waals surface area contributed by atoms with Gasteiger partial charge >= 0.3 is 12.1 Å². The van der Waals surface area contributed by atoms with Crippen LogP contribution < -0.4 is 0 Å². The molecule has 0 aliphatic rings. The molecule has 0 aliphatic heterocycles. The lowest BCUT2D eigenvalue weighted by molar-refractivity contribution is -0.171. The molecule has 0 radical (unpaired) electrons. The summed E-state index contributed by atoms with van der Waals surface area (Å²) in [6, 6.07) is 8.15. The van der Waals surface area contributed by atoms with E-state index in [1.165, 1.54) is 7.05 Å². The number of ether oxygens (including phenoxy) is 1. The van der Waals surface area contributed by atoms with Gasteiger partial charge in [0.2, 0.25) is 0 Å². The van der Waals surface area contributed by atoms with Gasteiger partial charge in [0.05, 0.1) is 6.10 Å². The summed E-state index contributed by atoms with van der Waals surface area (Å²) in [5, 5.41) is 10.2. The molecule has 21 heavy (non-hydrogen) atoms. The van der Waals surface area contributed by atoms with Crippen molar-refractivity contribution in [2.24, 2.45) is 0 Å². The summed E-state index contributed by atoms with van der Waals surface area (Å²) < 4.78 is 4.81. The molecule has 0 fully saturated rings. The van der Waals surface area contributed by atoms with Crippen LogP contribution in [-0.4, -0.2) is 41.5 Å². The zero-order valence-corrected chi connectivity index (χ0v) is 13.0. The van der Waals surface area contributed by atoms with Crippen LogP contribution in [-0.2, 0) is 20.8 Å². The fraction of sp³-hybridized carbons (Fsp3) is 0.429. The molecule has 0 bridgehead atoms. The van der Waals surface area contributed by atoms with Gasteiger partial charge in [0.25, 0.3) is 0 Å². The minimum Gasteiger partial charge on any atom is -0.480 e. The number of carboxylic acid groups (broad SMARTS) is 1. The third-order valence-corrected chi connectivity index (χ3v) is 2.55. The molecule has 1 N–H and O–H groups in total. The summed E-state index contributed by atoms with van der Waals surface area (Å²) in [4.78, 5) is 27.5. The minimum atomic E-state index is -1.08. The molecule has 1 aromatic carbocycles. The van der Waals surface area contributed by atoms with E-state index in [0.29, 0.717) is 0 Å². The Morgan fingerprint density at radius 2 is 1.81 bits per heavy atom. The van der Waals surface area contributed by atoms with E-state index in [4.69, 9.17) is 9.57 Å². The van der Waals surface area contributed by atoms with Crippen LogP contribution in [0, 0.1) is 0 Å². The topological polar surface area (TPSA) is 76.1 Å². The normalized spacial score (nSPS) is 11.7. The number of hydrogen-bond donors (Lipinski definition) is 1. The molecule has 118 valence electrons. The van der Waals surface area contributed by atoms with E-state index < -0.39 is 18.2 Å². The highest BCUT2D eigenvalue weighted by atomic mass is 35.5. The molecule has 7 heteroatoms. The van der Waals surface area contributed by atoms with Crippen LogP contribution in [0.3, 0.4) is 0 Å². The Bertz CT molecular complexity index is 452. The highest BCUT2D eigenvalue weighted by Gasteiger charge is 2.27. The van der Waals surface area contributed by atoms with Crippen LogP contribution in [0.5, 0.6) is 0 Å². The number of rotatable bonds is 6. The second kappa shape index (κ2) is 9.20. The minimum absolute atomic E-state index is 0. The summed E-state index contributed by atoms with van der Waals surface area (Å²) in [5.41, 5.74) is 0.840. The molecule has 6 nitrogen and oxygen atoms in total. The van der Waals surface area contributed by atoms with Gasteiger partial charge in [-0.15, -0.1) is 17.5 Å². The van der Waals surface area contributed by atoms with Gasteiger partial charge in [-0.1, -0.05) is 30.3 Å². The van der Waals surface area contributed by atoms with Crippen LogP contribution in [0.4, 0.5) is 4.79 Å². The van der Waals surface area contributed by atoms with Gasteiger partial charge in [-0.2, -0.15) is 0 Å². The first-order chi connectivity index (χ1) is 9.40. The van der Waals surface area contributed by atoms with Crippen molar-refractivity contribution in [1.29, 1.82) is 0 Å². The first-order valence-electron chi connectivity index (χ1n) is 6.28. The fourth-order valence-corrected chi connectivity index (χ4v) is 1.60. The predicted octanol–water partition coefficient (Wildman–Crippen LogP) is 2.51. The Kier molecular flexibility index (Phi) is 8.42. The number of hydrogen-bond acceptors (Lipinski definition) is 5. The zero-order valence-electron chi connectivity index (χ0n) is 12.2. The van der Waals surface area contributed by atoms with Gasteiger partial charge in [-0.3, -0.25) is 4.79 Å². The quantitative estimate of drug-likeness (QED) is 0.642. The second-order valence-electron chi connectivity index (χ2n) is 4.60. The summed E-state index contributed by atoms with van der Waals surface area (Å²) in [6.45, 7) is 3.36. The average molecular weight is 318 g/mol. The van der Waals surface area contributed by atoms with Gasteiger partial charge in [-0.25, -0.2) is 4.79 Å². The molecule has 0 amide bonds. The van der Waals surface area contributed by atoms with Crippen molar-refractivity contribution in [3.05, 3.63) is 35.9 Å². The molecule has 1 atom stereocenters. The molecule has 1 rings (SSSR count). The maximum Gasteiger partial charge on any atom is 0.528 e. The number of carbonyl (C=O) groups is 2. The molecular weight excluding hydrogens is 298 g/mol. The van der Waals surface area contributed by atoms with E-state index in [1.807, 2.05) is 30.3 Å². The van der Waals surface area contributed by atoms with Gasteiger partial charge in [0.15, 0.2) is 0 Å². The third kappa shape index (κ3) is 6.97. The molecule has 0 heterocycles. The standard InChI is InChI=1S/C14H19NO5.ClH/c1-10(2)19-14(18)20-15(3)12(13(16)17)9-11-7-5-4-6-8-11;/h4-8,10,12H,9H2,1-3H3,(H,16,17);1H. The number of benzene rings is 1. The van der Waals surface area contributed by atoms with Crippen LogP contribution in [0.25, 0.3) is 0 Å². The Morgan fingerprint density at radius 3 is 2.29 bits per heavy atom. The second-order valence-corrected chi connectivity index (χ2v) is 4.60. The Hall–Kier alpha value is -1.79. The molecule has 0 spiro atoms. The Morgan fingerprint density at radius 1 is 1.24 bits per heavy atom. The van der Waals surface area contributed by atoms with E-state index in [-0.39, 0.29) is 24.9 Å². The molecule has 0 aromatic heterocycles. The number of nitrogens with zero attached hydrogens (tertiary/aromatic N) is 1. The summed E-state index contributed by atoms with van der Waals surface area (Å²) in [6.07, 6.45) is -1.02. The SMILES string of the molecule is CC(C)OC(=O)ON(C)C(Cc1ccccc1)C(=O)O.Cl. The van der Waals surface area contributed by atoms with E-state index in [0.717, 1.165) is 10.6 Å². The van der Waals surface area contributed by atoms with Gasteiger partial charge in [-0.05, 0) is 19.4 Å². The Balaban J connectivity index is 0.00000400. The number of carbonyl (C=O) groups excluding carboxylic acids is 1. The van der Waals surface area contributed by atoms with Gasteiger partial charge < -0.3 is 14.7 Å². The van der Waals surface area contributed by atoms with Crippen molar-refractivity contribution in [2.75, 3.05) is 7.05 Å². The monoisotopic (exact) mass is 317 g/mol. The van der Waals surface area contributed by atoms with E-state index in [2.05, 4.69) is 0 Å². The molecule has 0 saturated carbocycles. The number of likely N-dealkylation sites (N-methyl/N-ethyl adjacent to an activating group) is 1. The van der Waals surface area contributed by atoms with Crippen molar-refractivity contribution in [3.63, 3.8) is 0 Å². The van der Waals surface area contributed by atoms with E-state index in [1.54, 1.807) is 13.8 Å². The largest absolute Gasteiger partial charge is 0.528 e. The van der Waals surface area contributed by atoms with Crippen molar-refractivity contribution < 1.29 is 24.3 Å². The summed E-state index contributed by atoms with van der Waals surface area (Å²) >= 11 is 0. The number of halogens is 1. The maximum atomic E-state index is 11.4. The lowest BCUT2D eigenvalue weighted by Crippen LogP contribution is -2.41. The fourth-order valence-electron chi connectivity index (χ4n) is 1.60. The zero-order chi connectivity index (χ0) is 15.1. The predicted molar refractivity (Wildman–Crippen MR) is 79.3 cm³/mol. The van der Waals surface area contributed by atoms with E-state index >= 15 is 0 Å². The van der Waals surface area contributed by atoms with Crippen molar-refractivity contribution in [3.8, 4) is 0 Å². The first-order valence-corrected chi connectivity index (χ1v) is 6.28. The summed E-state index contributed by atoms with van der Waals surface area (Å²) in [7, 11) is 1.39. The van der Waals surface area contributed by atoms with Crippen LogP contribution in [0.2, 0.25) is 0 Å². The van der Waals surface area contributed by atoms with E-state index in [9.17, 15) is 14.7 Å². The van der Waals surface area contributed by atoms with Crippen LogP contribution >= 0.6 is 12.4 Å². The smallest absolute Gasteiger partial charge is 0.480 e. The molecule has 1 aromatic rings. The number of hydroxylamine groups is 2. The average Bonchev–Trinajstić information content (AvgIpc) is 2.35. The molecule has 0 aliphatic carbocycles. The molecule has 1 unspecified atom stereocenters. The third-order valence-electron chi connectivity index (χ3n) is 2.55. The van der Waals surface area contributed by atoms with Crippen LogP contribution in [0.1, 0.15) is 19.4 Å². The van der Waals surface area contributed by atoms with Crippen molar-refractivity contribution in [1.82, 2.24) is 5.06 Å². The number of aliphatic carboxylic acids is 1. The summed E-state index contributed by atoms with van der Waals surface area (Å²) in [5.74, 6) is -1.08. The van der Waals surface area contributed by atoms with Crippen LogP contribution in [0.15, 0.2) is 30.3 Å².